The Kier molecular flexibility index (Phi) is 7.34. The second kappa shape index (κ2) is 9.35. The van der Waals surface area contributed by atoms with Crippen LogP contribution in [0.15, 0.2) is 30.5 Å². The quantitative estimate of drug-likeness (QED) is 0.452. The molecule has 1 amide bonds. The van der Waals surface area contributed by atoms with E-state index in [1.54, 1.807) is 0 Å². The highest BCUT2D eigenvalue weighted by Crippen LogP contribution is 2.20. The number of amides is 1. The predicted octanol–water partition coefficient (Wildman–Crippen LogP) is 1.78. The molecule has 0 spiro atoms. The average molecular weight is 294 g/mol. The second-order valence-electron chi connectivity index (χ2n) is 3.96. The van der Waals surface area contributed by atoms with Gasteiger partial charge in [-0.2, -0.15) is 0 Å². The number of hydrogen-bond donors (Lipinski definition) is 2. The van der Waals surface area contributed by atoms with Crippen molar-refractivity contribution in [2.75, 3.05) is 13.2 Å². The van der Waals surface area contributed by atoms with Crippen LogP contribution in [0.2, 0.25) is 0 Å². The van der Waals surface area contributed by atoms with Gasteiger partial charge >= 0.3 is 12.1 Å². The van der Waals surface area contributed by atoms with Gasteiger partial charge in [0.05, 0.1) is 6.61 Å². The average Bonchev–Trinajstić information content (AvgIpc) is 2.47. The lowest BCUT2D eigenvalue weighted by Gasteiger charge is -2.06. The Hall–Kier alpha value is -2.57. The van der Waals surface area contributed by atoms with E-state index < -0.39 is 12.1 Å². The summed E-state index contributed by atoms with van der Waals surface area (Å²) in [7, 11) is 0. The van der Waals surface area contributed by atoms with Gasteiger partial charge in [0.1, 0.15) is 6.54 Å². The Labute approximate surface area is 122 Å². The van der Waals surface area contributed by atoms with E-state index in [0.717, 1.165) is 6.42 Å². The minimum absolute atomic E-state index is 0.229. The van der Waals surface area contributed by atoms with E-state index in [2.05, 4.69) is 10.3 Å². The first-order chi connectivity index (χ1) is 10.1. The molecule has 21 heavy (non-hydrogen) atoms. The van der Waals surface area contributed by atoms with E-state index in [1.807, 2.05) is 19.1 Å². The smallest absolute Gasteiger partial charge is 0.414 e. The second-order valence-corrected chi connectivity index (χ2v) is 3.96. The number of hydrogen-bond acceptors (Lipinski definition) is 6. The lowest BCUT2D eigenvalue weighted by atomic mass is 10.3. The zero-order valence-corrected chi connectivity index (χ0v) is 11.7. The summed E-state index contributed by atoms with van der Waals surface area (Å²) in [6.07, 6.45) is 5.92. The third-order valence-electron chi connectivity index (χ3n) is 2.27. The van der Waals surface area contributed by atoms with Crippen molar-refractivity contribution in [1.29, 1.82) is 0 Å². The monoisotopic (exact) mass is 294 g/mol. The maximum Gasteiger partial charge on any atom is 0.414 e. The number of carbonyl (C=O) groups is 2. The summed E-state index contributed by atoms with van der Waals surface area (Å²) in [5.74, 6) is -1.06. The molecule has 0 aliphatic carbocycles. The van der Waals surface area contributed by atoms with Crippen molar-refractivity contribution < 1.29 is 24.2 Å². The van der Waals surface area contributed by atoms with Crippen molar-refractivity contribution >= 4 is 12.1 Å². The molecule has 0 saturated heterocycles. The molecule has 0 saturated carbocycles. The van der Waals surface area contributed by atoms with E-state index in [4.69, 9.17) is 9.47 Å². The summed E-state index contributed by atoms with van der Waals surface area (Å²) in [5, 5.41) is 11.6. The van der Waals surface area contributed by atoms with Crippen molar-refractivity contribution in [3.8, 4) is 11.6 Å². The molecule has 114 valence electrons. The van der Waals surface area contributed by atoms with Gasteiger partial charge in [0.2, 0.25) is 0 Å². The Bertz CT molecular complexity index is 502. The number of ether oxygens (including phenoxy) is 2. The number of allylic oxidation sites excluding steroid dienone is 1. The highest BCUT2D eigenvalue weighted by molar-refractivity contribution is 5.78. The molecule has 2 N–H and O–H groups in total. The minimum atomic E-state index is -0.896. The van der Waals surface area contributed by atoms with E-state index >= 15 is 0 Å². The number of esters is 1. The molecular weight excluding hydrogens is 276 g/mol. The van der Waals surface area contributed by atoms with Gasteiger partial charge in [-0.15, -0.1) is 0 Å². The van der Waals surface area contributed by atoms with Gasteiger partial charge in [0, 0.05) is 6.20 Å². The molecule has 0 unspecified atom stereocenters. The summed E-state index contributed by atoms with van der Waals surface area (Å²) in [6.45, 7) is 1.95. The van der Waals surface area contributed by atoms with E-state index in [0.29, 0.717) is 6.42 Å². The highest BCUT2D eigenvalue weighted by atomic mass is 16.6. The van der Waals surface area contributed by atoms with Crippen LogP contribution in [-0.4, -0.2) is 35.3 Å². The molecule has 1 aromatic heterocycles. The van der Waals surface area contributed by atoms with Crippen molar-refractivity contribution in [1.82, 2.24) is 10.3 Å². The number of nitrogens with one attached hydrogen (secondary N) is 1. The molecular formula is C14H18N2O5. The van der Waals surface area contributed by atoms with Gasteiger partial charge in [-0.1, -0.05) is 19.1 Å². The molecule has 0 aromatic carbocycles. The van der Waals surface area contributed by atoms with Crippen molar-refractivity contribution in [2.24, 2.45) is 0 Å². The largest absolute Gasteiger partial charge is 0.503 e. The number of nitrogens with zero attached hydrogens (tertiary/aromatic N) is 1. The lowest BCUT2D eigenvalue weighted by molar-refractivity contribution is -0.142. The predicted molar refractivity (Wildman–Crippen MR) is 74.9 cm³/mol. The summed E-state index contributed by atoms with van der Waals surface area (Å²) in [5.41, 5.74) is 0. The number of pyridine rings is 1. The van der Waals surface area contributed by atoms with Crippen LogP contribution >= 0.6 is 0 Å². The van der Waals surface area contributed by atoms with Gasteiger partial charge in [-0.05, 0) is 25.0 Å². The maximum absolute atomic E-state index is 11.4. The fourth-order valence-corrected chi connectivity index (χ4v) is 1.31. The first-order valence-corrected chi connectivity index (χ1v) is 6.53. The van der Waals surface area contributed by atoms with Crippen LogP contribution in [0.25, 0.3) is 0 Å². The molecule has 0 bridgehead atoms. The van der Waals surface area contributed by atoms with Gasteiger partial charge in [0.25, 0.3) is 5.88 Å². The van der Waals surface area contributed by atoms with Crippen molar-refractivity contribution in [3.63, 3.8) is 0 Å². The zero-order chi connectivity index (χ0) is 15.5. The van der Waals surface area contributed by atoms with Crippen LogP contribution in [0.1, 0.15) is 19.8 Å². The minimum Gasteiger partial charge on any atom is -0.503 e. The lowest BCUT2D eigenvalue weighted by Crippen LogP contribution is -2.33. The number of rotatable bonds is 7. The van der Waals surface area contributed by atoms with E-state index in [1.165, 1.54) is 18.3 Å². The third-order valence-corrected chi connectivity index (χ3v) is 2.27. The summed E-state index contributed by atoms with van der Waals surface area (Å²) < 4.78 is 9.61. The Morgan fingerprint density at radius 2 is 2.24 bits per heavy atom. The van der Waals surface area contributed by atoms with E-state index in [-0.39, 0.29) is 24.8 Å². The molecule has 1 heterocycles. The fourth-order valence-electron chi connectivity index (χ4n) is 1.31. The number of aromatic nitrogens is 1. The fraction of sp³-hybridized carbons (Fsp3) is 0.357. The summed E-state index contributed by atoms with van der Waals surface area (Å²) >= 11 is 0. The maximum atomic E-state index is 11.4. The summed E-state index contributed by atoms with van der Waals surface area (Å²) in [4.78, 5) is 26.4. The Morgan fingerprint density at radius 1 is 1.43 bits per heavy atom. The number of aromatic hydroxyl groups is 1. The normalized spacial score (nSPS) is 10.3. The molecule has 0 radical (unpaired) electrons. The van der Waals surface area contributed by atoms with Crippen LogP contribution in [0.3, 0.4) is 0 Å². The van der Waals surface area contributed by atoms with Gasteiger partial charge in [0.15, 0.2) is 5.75 Å². The van der Waals surface area contributed by atoms with Gasteiger partial charge < -0.3 is 19.9 Å². The molecule has 0 aliphatic rings. The third kappa shape index (κ3) is 6.95. The highest BCUT2D eigenvalue weighted by Gasteiger charge is 2.11. The van der Waals surface area contributed by atoms with Crippen LogP contribution in [-0.2, 0) is 9.53 Å². The molecule has 7 nitrogen and oxygen atoms in total. The number of carbonyl (C=O) groups excluding carboxylic acids is 2. The first kappa shape index (κ1) is 16.5. The van der Waals surface area contributed by atoms with Crippen LogP contribution in [0.5, 0.6) is 11.6 Å². The SMILES string of the molecule is CC/C=C/CCOC(=O)CNC(=O)Oc1ncccc1O. The van der Waals surface area contributed by atoms with Crippen molar-refractivity contribution in [2.45, 2.75) is 19.8 Å². The van der Waals surface area contributed by atoms with Crippen LogP contribution in [0, 0.1) is 0 Å². The van der Waals surface area contributed by atoms with E-state index in [9.17, 15) is 14.7 Å². The molecule has 0 fully saturated rings. The molecule has 0 atom stereocenters. The topological polar surface area (TPSA) is 97.8 Å². The summed E-state index contributed by atoms with van der Waals surface area (Å²) in [6, 6.07) is 2.82. The van der Waals surface area contributed by atoms with Gasteiger partial charge in [-0.25, -0.2) is 9.78 Å². The zero-order valence-electron chi connectivity index (χ0n) is 11.7. The Balaban J connectivity index is 2.22. The Morgan fingerprint density at radius 3 is 2.95 bits per heavy atom. The molecule has 0 aliphatic heterocycles. The molecule has 7 heteroatoms. The first-order valence-electron chi connectivity index (χ1n) is 6.53. The molecule has 1 rings (SSSR count). The van der Waals surface area contributed by atoms with Gasteiger partial charge in [-0.3, -0.25) is 4.79 Å². The standard InChI is InChI=1S/C14H18N2O5/c1-2-3-4-5-9-20-12(18)10-16-14(19)21-13-11(17)7-6-8-15-13/h3-4,6-8,17H,2,5,9-10H2,1H3,(H,16,19)/b4-3+. The van der Waals surface area contributed by atoms with Crippen molar-refractivity contribution in [3.05, 3.63) is 30.5 Å². The van der Waals surface area contributed by atoms with Crippen LogP contribution in [0.4, 0.5) is 4.79 Å². The van der Waals surface area contributed by atoms with Crippen LogP contribution < -0.4 is 10.1 Å². The molecule has 1 aromatic rings.